The maximum absolute atomic E-state index is 11.6. The van der Waals surface area contributed by atoms with Gasteiger partial charge in [0.1, 0.15) is 0 Å². The minimum absolute atomic E-state index is 0.324. The number of methoxy groups -OCH3 is 1. The zero-order chi connectivity index (χ0) is 17.6. The first-order chi connectivity index (χ1) is 12.2. The van der Waals surface area contributed by atoms with E-state index >= 15 is 0 Å². The molecule has 0 atom stereocenters. The van der Waals surface area contributed by atoms with E-state index in [-0.39, 0.29) is 5.97 Å². The summed E-state index contributed by atoms with van der Waals surface area (Å²) in [5.41, 5.74) is 2.65. The number of esters is 1. The summed E-state index contributed by atoms with van der Waals surface area (Å²) in [7, 11) is 1.39. The molecular formula is C19H19N3O2S. The number of aromatic nitrogens is 3. The van der Waals surface area contributed by atoms with E-state index in [0.29, 0.717) is 11.3 Å². The van der Waals surface area contributed by atoms with E-state index in [1.165, 1.54) is 7.11 Å². The largest absolute Gasteiger partial charge is 0.465 e. The summed E-state index contributed by atoms with van der Waals surface area (Å²) in [6, 6.07) is 17.5. The Morgan fingerprint density at radius 2 is 1.92 bits per heavy atom. The van der Waals surface area contributed by atoms with Crippen LogP contribution in [0.3, 0.4) is 0 Å². The third-order valence-corrected chi connectivity index (χ3v) is 4.82. The second-order valence-corrected chi connectivity index (χ2v) is 6.34. The van der Waals surface area contributed by atoms with Gasteiger partial charge in [-0.2, -0.15) is 0 Å². The Balaban J connectivity index is 1.78. The molecule has 1 aromatic heterocycles. The normalized spacial score (nSPS) is 10.6. The lowest BCUT2D eigenvalue weighted by atomic mass is 10.1. The number of carbonyl (C=O) groups is 1. The molecule has 25 heavy (non-hydrogen) atoms. The molecule has 0 aliphatic rings. The first-order valence-electron chi connectivity index (χ1n) is 8.01. The quantitative estimate of drug-likeness (QED) is 0.494. The maximum Gasteiger partial charge on any atom is 0.337 e. The average Bonchev–Trinajstić information content (AvgIpc) is 3.09. The molecule has 0 saturated heterocycles. The van der Waals surface area contributed by atoms with Crippen molar-refractivity contribution < 1.29 is 9.53 Å². The van der Waals surface area contributed by atoms with Gasteiger partial charge >= 0.3 is 5.97 Å². The number of hydrogen-bond donors (Lipinski definition) is 0. The highest BCUT2D eigenvalue weighted by atomic mass is 32.2. The summed E-state index contributed by atoms with van der Waals surface area (Å²) in [5.74, 6) is 1.25. The standard InChI is InChI=1S/C19H19N3O2S/c1-3-22-17(15-9-5-4-6-10-15)20-21-19(22)25-13-14-8-7-11-16(12-14)18(23)24-2/h4-12H,3,13H2,1-2H3. The van der Waals surface area contributed by atoms with Crippen molar-refractivity contribution in [2.75, 3.05) is 7.11 Å². The Bertz CT molecular complexity index is 862. The Morgan fingerprint density at radius 3 is 2.64 bits per heavy atom. The lowest BCUT2D eigenvalue weighted by molar-refractivity contribution is 0.0600. The Morgan fingerprint density at radius 1 is 1.12 bits per heavy atom. The van der Waals surface area contributed by atoms with Crippen molar-refractivity contribution in [2.24, 2.45) is 0 Å². The van der Waals surface area contributed by atoms with Gasteiger partial charge < -0.3 is 9.30 Å². The van der Waals surface area contributed by atoms with E-state index < -0.39 is 0 Å². The molecular weight excluding hydrogens is 334 g/mol. The molecule has 0 saturated carbocycles. The molecule has 0 radical (unpaired) electrons. The molecule has 128 valence electrons. The number of hydrogen-bond acceptors (Lipinski definition) is 5. The average molecular weight is 353 g/mol. The molecule has 0 aliphatic heterocycles. The van der Waals surface area contributed by atoms with E-state index in [1.807, 2.05) is 48.5 Å². The van der Waals surface area contributed by atoms with Crippen LogP contribution in [0.5, 0.6) is 0 Å². The summed E-state index contributed by atoms with van der Waals surface area (Å²) >= 11 is 1.61. The fraction of sp³-hybridized carbons (Fsp3) is 0.211. The minimum Gasteiger partial charge on any atom is -0.465 e. The Hall–Kier alpha value is -2.60. The van der Waals surface area contributed by atoms with Gasteiger partial charge in [0.05, 0.1) is 12.7 Å². The molecule has 1 heterocycles. The lowest BCUT2D eigenvalue weighted by Gasteiger charge is -2.08. The third kappa shape index (κ3) is 3.91. The zero-order valence-corrected chi connectivity index (χ0v) is 15.0. The SMILES string of the molecule is CCn1c(SCc2cccc(C(=O)OC)c2)nnc1-c1ccccc1. The van der Waals surface area contributed by atoms with Crippen LogP contribution in [0.2, 0.25) is 0 Å². The molecule has 3 rings (SSSR count). The summed E-state index contributed by atoms with van der Waals surface area (Å²) in [4.78, 5) is 11.6. The van der Waals surface area contributed by atoms with Crippen LogP contribution in [-0.4, -0.2) is 27.8 Å². The highest BCUT2D eigenvalue weighted by Crippen LogP contribution is 2.26. The zero-order valence-electron chi connectivity index (χ0n) is 14.2. The van der Waals surface area contributed by atoms with Crippen molar-refractivity contribution in [1.82, 2.24) is 14.8 Å². The smallest absolute Gasteiger partial charge is 0.337 e. The summed E-state index contributed by atoms with van der Waals surface area (Å²) in [6.45, 7) is 2.87. The second kappa shape index (κ2) is 7.98. The van der Waals surface area contributed by atoms with Crippen molar-refractivity contribution in [2.45, 2.75) is 24.4 Å². The van der Waals surface area contributed by atoms with E-state index in [0.717, 1.165) is 28.7 Å². The number of carbonyl (C=O) groups excluding carboxylic acids is 1. The van der Waals surface area contributed by atoms with Crippen LogP contribution >= 0.6 is 11.8 Å². The van der Waals surface area contributed by atoms with Crippen molar-refractivity contribution in [3.05, 3.63) is 65.7 Å². The number of nitrogens with zero attached hydrogens (tertiary/aromatic N) is 3. The van der Waals surface area contributed by atoms with Crippen molar-refractivity contribution in [1.29, 1.82) is 0 Å². The van der Waals surface area contributed by atoms with Crippen LogP contribution in [-0.2, 0) is 17.0 Å². The summed E-state index contributed by atoms with van der Waals surface area (Å²) in [5, 5.41) is 9.55. The van der Waals surface area contributed by atoms with E-state index in [2.05, 4.69) is 21.7 Å². The number of benzene rings is 2. The topological polar surface area (TPSA) is 57.0 Å². The Kier molecular flexibility index (Phi) is 5.50. The maximum atomic E-state index is 11.6. The van der Waals surface area contributed by atoms with E-state index in [1.54, 1.807) is 17.8 Å². The number of thioether (sulfide) groups is 1. The molecule has 0 spiro atoms. The Labute approximate surface area is 151 Å². The van der Waals surface area contributed by atoms with Crippen LogP contribution < -0.4 is 0 Å². The molecule has 2 aromatic carbocycles. The fourth-order valence-corrected chi connectivity index (χ4v) is 3.48. The fourth-order valence-electron chi connectivity index (χ4n) is 2.54. The van der Waals surface area contributed by atoms with Gasteiger partial charge in [0, 0.05) is 17.9 Å². The van der Waals surface area contributed by atoms with Gasteiger partial charge in [-0.1, -0.05) is 54.2 Å². The van der Waals surface area contributed by atoms with Crippen molar-refractivity contribution in [3.63, 3.8) is 0 Å². The van der Waals surface area contributed by atoms with Gasteiger partial charge in [0.25, 0.3) is 0 Å². The van der Waals surface area contributed by atoms with Gasteiger partial charge in [0.15, 0.2) is 11.0 Å². The highest BCUT2D eigenvalue weighted by Gasteiger charge is 2.13. The molecule has 0 N–H and O–H groups in total. The number of ether oxygens (including phenoxy) is 1. The first kappa shape index (κ1) is 17.2. The van der Waals surface area contributed by atoms with Gasteiger partial charge in [-0.3, -0.25) is 0 Å². The van der Waals surface area contributed by atoms with Gasteiger partial charge in [-0.15, -0.1) is 10.2 Å². The molecule has 6 heteroatoms. The first-order valence-corrected chi connectivity index (χ1v) is 9.00. The lowest BCUT2D eigenvalue weighted by Crippen LogP contribution is -2.02. The molecule has 0 amide bonds. The van der Waals surface area contributed by atoms with Crippen LogP contribution in [0.1, 0.15) is 22.8 Å². The molecule has 0 aliphatic carbocycles. The van der Waals surface area contributed by atoms with Crippen LogP contribution in [0, 0.1) is 0 Å². The second-order valence-electron chi connectivity index (χ2n) is 5.40. The number of rotatable bonds is 6. The van der Waals surface area contributed by atoms with E-state index in [9.17, 15) is 4.79 Å². The predicted molar refractivity (Wildman–Crippen MR) is 98.5 cm³/mol. The minimum atomic E-state index is -0.324. The van der Waals surface area contributed by atoms with Gasteiger partial charge in [-0.05, 0) is 24.6 Å². The summed E-state index contributed by atoms with van der Waals surface area (Å²) < 4.78 is 6.87. The summed E-state index contributed by atoms with van der Waals surface area (Å²) in [6.07, 6.45) is 0. The molecule has 5 nitrogen and oxygen atoms in total. The predicted octanol–water partition coefficient (Wildman–Crippen LogP) is 4.04. The van der Waals surface area contributed by atoms with Crippen LogP contribution in [0.25, 0.3) is 11.4 Å². The highest BCUT2D eigenvalue weighted by molar-refractivity contribution is 7.98. The van der Waals surface area contributed by atoms with Gasteiger partial charge in [-0.25, -0.2) is 4.79 Å². The van der Waals surface area contributed by atoms with Crippen molar-refractivity contribution in [3.8, 4) is 11.4 Å². The van der Waals surface area contributed by atoms with E-state index in [4.69, 9.17) is 4.74 Å². The van der Waals surface area contributed by atoms with Gasteiger partial charge in [0.2, 0.25) is 0 Å². The molecule has 3 aromatic rings. The van der Waals surface area contributed by atoms with Crippen LogP contribution in [0.4, 0.5) is 0 Å². The molecule has 0 fully saturated rings. The van der Waals surface area contributed by atoms with Crippen molar-refractivity contribution >= 4 is 17.7 Å². The molecule has 0 unspecified atom stereocenters. The monoisotopic (exact) mass is 353 g/mol. The third-order valence-electron chi connectivity index (χ3n) is 3.78. The van der Waals surface area contributed by atoms with Crippen LogP contribution in [0.15, 0.2) is 59.8 Å². The molecule has 0 bridgehead atoms.